The van der Waals surface area contributed by atoms with Crippen LogP contribution in [0.4, 0.5) is 13.2 Å². The number of halogens is 4. The minimum Gasteiger partial charge on any atom is -0.455 e. The number of carbonyl (C=O) groups is 1. The van der Waals surface area contributed by atoms with E-state index in [1.54, 1.807) is 18.2 Å². The Balaban J connectivity index is 1.68. The van der Waals surface area contributed by atoms with Gasteiger partial charge in [0.25, 0.3) is 0 Å². The third kappa shape index (κ3) is 3.31. The van der Waals surface area contributed by atoms with Crippen LogP contribution in [0.2, 0.25) is 5.02 Å². The van der Waals surface area contributed by atoms with Crippen molar-refractivity contribution < 1.29 is 27.2 Å². The fourth-order valence-electron chi connectivity index (χ4n) is 4.12. The van der Waals surface area contributed by atoms with Crippen LogP contribution in [0.3, 0.4) is 0 Å². The first kappa shape index (κ1) is 19.8. The number of ether oxygens (including phenoxy) is 1. The molecular formula is C22H14ClF3N2O3. The number of esters is 1. The number of carbonyl (C=O) groups excluding carboxylic acids is 1. The number of nitrogens with zero attached hydrogens (tertiary/aromatic N) is 2. The quantitative estimate of drug-likeness (QED) is 0.354. The smallest absolute Gasteiger partial charge is 0.416 e. The van der Waals surface area contributed by atoms with Gasteiger partial charge in [0.15, 0.2) is 11.7 Å². The summed E-state index contributed by atoms with van der Waals surface area (Å²) in [5.74, 6) is -0.989. The summed E-state index contributed by atoms with van der Waals surface area (Å²) in [6.07, 6.45) is -4.92. The van der Waals surface area contributed by atoms with E-state index in [-0.39, 0.29) is 0 Å². The lowest BCUT2D eigenvalue weighted by molar-refractivity contribution is -0.148. The van der Waals surface area contributed by atoms with Gasteiger partial charge in [-0.05, 0) is 35.9 Å². The van der Waals surface area contributed by atoms with Gasteiger partial charge in [-0.1, -0.05) is 28.9 Å². The lowest BCUT2D eigenvalue weighted by Crippen LogP contribution is -2.24. The third-order valence-corrected chi connectivity index (χ3v) is 5.71. The summed E-state index contributed by atoms with van der Waals surface area (Å²) in [6, 6.07) is 9.96. The number of aromatic nitrogens is 2. The van der Waals surface area contributed by atoms with Crippen molar-refractivity contribution in [2.24, 2.45) is 0 Å². The largest absolute Gasteiger partial charge is 0.455 e. The summed E-state index contributed by atoms with van der Waals surface area (Å²) in [4.78, 5) is 16.6. The van der Waals surface area contributed by atoms with E-state index in [4.69, 9.17) is 25.8 Å². The second-order valence-corrected chi connectivity index (χ2v) is 7.89. The van der Waals surface area contributed by atoms with Crippen LogP contribution in [0.5, 0.6) is 0 Å². The van der Waals surface area contributed by atoms with Crippen LogP contribution in [-0.4, -0.2) is 16.1 Å². The Morgan fingerprint density at radius 3 is 2.61 bits per heavy atom. The maximum atomic E-state index is 13.0. The highest BCUT2D eigenvalue weighted by molar-refractivity contribution is 6.31. The summed E-state index contributed by atoms with van der Waals surface area (Å²) in [6.45, 7) is 1.28. The summed E-state index contributed by atoms with van der Waals surface area (Å²) in [5.41, 5.74) is 1.97. The fourth-order valence-corrected chi connectivity index (χ4v) is 4.30. The van der Waals surface area contributed by atoms with Crippen LogP contribution in [-0.2, 0) is 22.1 Å². The van der Waals surface area contributed by atoms with Crippen molar-refractivity contribution >= 4 is 39.4 Å². The number of pyridine rings is 1. The van der Waals surface area contributed by atoms with E-state index in [1.165, 1.54) is 19.1 Å². The van der Waals surface area contributed by atoms with Crippen molar-refractivity contribution in [2.45, 2.75) is 31.5 Å². The molecule has 5 rings (SSSR count). The maximum absolute atomic E-state index is 13.0. The van der Waals surface area contributed by atoms with E-state index in [1.807, 2.05) is 0 Å². The first-order chi connectivity index (χ1) is 14.7. The summed E-state index contributed by atoms with van der Waals surface area (Å²) < 4.78 is 50.2. The topological polar surface area (TPSA) is 65.2 Å². The molecule has 1 aliphatic carbocycles. The lowest BCUT2D eigenvalue weighted by Gasteiger charge is -2.30. The van der Waals surface area contributed by atoms with Crippen LogP contribution in [0.25, 0.3) is 21.9 Å². The van der Waals surface area contributed by atoms with Gasteiger partial charge in [0.2, 0.25) is 0 Å². The Morgan fingerprint density at radius 2 is 1.94 bits per heavy atom. The molecule has 2 unspecified atom stereocenters. The SMILES string of the molecule is CC(=O)OC1c2nc3ccc(Cl)cc3c3onc(c23)CC1c1ccc(C(F)(F)F)cc1. The zero-order valence-electron chi connectivity index (χ0n) is 16.0. The molecule has 2 heterocycles. The van der Waals surface area contributed by atoms with E-state index >= 15 is 0 Å². The highest BCUT2D eigenvalue weighted by Crippen LogP contribution is 2.46. The maximum Gasteiger partial charge on any atom is 0.416 e. The van der Waals surface area contributed by atoms with Crippen molar-refractivity contribution in [3.8, 4) is 0 Å². The molecule has 0 amide bonds. The van der Waals surface area contributed by atoms with Crippen LogP contribution in [0, 0.1) is 0 Å². The number of rotatable bonds is 2. The fraction of sp³-hybridized carbons (Fsp3) is 0.227. The van der Waals surface area contributed by atoms with E-state index < -0.39 is 29.7 Å². The molecule has 4 aromatic rings. The Morgan fingerprint density at radius 1 is 1.19 bits per heavy atom. The summed E-state index contributed by atoms with van der Waals surface area (Å²) in [5, 5.41) is 6.01. The Kier molecular flexibility index (Phi) is 4.44. The zero-order valence-corrected chi connectivity index (χ0v) is 16.8. The predicted octanol–water partition coefficient (Wildman–Crippen LogP) is 5.99. The lowest BCUT2D eigenvalue weighted by atomic mass is 9.81. The molecule has 1 aliphatic rings. The van der Waals surface area contributed by atoms with Crippen molar-refractivity contribution in [1.29, 1.82) is 0 Å². The number of alkyl halides is 3. The Bertz CT molecular complexity index is 1330. The average molecular weight is 447 g/mol. The number of fused-ring (bicyclic) bond motifs is 2. The van der Waals surface area contributed by atoms with Gasteiger partial charge in [0.05, 0.1) is 27.9 Å². The second-order valence-electron chi connectivity index (χ2n) is 7.45. The molecule has 0 spiro atoms. The van der Waals surface area contributed by atoms with Gasteiger partial charge >= 0.3 is 12.1 Å². The van der Waals surface area contributed by atoms with Gasteiger partial charge < -0.3 is 9.26 Å². The van der Waals surface area contributed by atoms with Crippen LogP contribution in [0.1, 0.15) is 41.5 Å². The average Bonchev–Trinajstić information content (AvgIpc) is 3.14. The number of hydrogen-bond donors (Lipinski definition) is 0. The van der Waals surface area contributed by atoms with Gasteiger partial charge in [0.1, 0.15) is 0 Å². The second kappa shape index (κ2) is 6.95. The van der Waals surface area contributed by atoms with Crippen LogP contribution in [0.15, 0.2) is 47.0 Å². The highest BCUT2D eigenvalue weighted by atomic mass is 35.5. The van der Waals surface area contributed by atoms with E-state index in [9.17, 15) is 18.0 Å². The normalized spacial score (nSPS) is 18.5. The Hall–Kier alpha value is -3.13. The van der Waals surface area contributed by atoms with Crippen molar-refractivity contribution in [2.75, 3.05) is 0 Å². The molecule has 0 saturated heterocycles. The van der Waals surface area contributed by atoms with Gasteiger partial charge in [-0.15, -0.1) is 0 Å². The van der Waals surface area contributed by atoms with E-state index in [0.717, 1.165) is 12.1 Å². The van der Waals surface area contributed by atoms with Gasteiger partial charge in [0, 0.05) is 29.7 Å². The van der Waals surface area contributed by atoms with Crippen molar-refractivity contribution in [3.63, 3.8) is 0 Å². The minimum absolute atomic E-state index is 0.317. The highest BCUT2D eigenvalue weighted by Gasteiger charge is 2.39. The summed E-state index contributed by atoms with van der Waals surface area (Å²) >= 11 is 6.12. The molecule has 2 aromatic carbocycles. The molecule has 0 N–H and O–H groups in total. The van der Waals surface area contributed by atoms with Crippen LogP contribution < -0.4 is 0 Å². The third-order valence-electron chi connectivity index (χ3n) is 5.47. The first-order valence-corrected chi connectivity index (χ1v) is 9.82. The molecule has 2 atom stereocenters. The predicted molar refractivity (Wildman–Crippen MR) is 107 cm³/mol. The molecule has 0 bridgehead atoms. The summed E-state index contributed by atoms with van der Waals surface area (Å²) in [7, 11) is 0. The minimum atomic E-state index is -4.44. The van der Waals surface area contributed by atoms with E-state index in [2.05, 4.69) is 5.16 Å². The molecule has 158 valence electrons. The zero-order chi connectivity index (χ0) is 21.9. The Labute approximate surface area is 178 Å². The molecular weight excluding hydrogens is 433 g/mol. The monoisotopic (exact) mass is 446 g/mol. The van der Waals surface area contributed by atoms with Crippen LogP contribution >= 0.6 is 11.6 Å². The van der Waals surface area contributed by atoms with E-state index in [0.29, 0.717) is 50.3 Å². The number of hydrogen-bond acceptors (Lipinski definition) is 5. The molecule has 5 nitrogen and oxygen atoms in total. The van der Waals surface area contributed by atoms with Gasteiger partial charge in [-0.2, -0.15) is 13.2 Å². The number of benzene rings is 2. The molecule has 9 heteroatoms. The molecule has 0 saturated carbocycles. The first-order valence-electron chi connectivity index (χ1n) is 9.44. The molecule has 2 aromatic heterocycles. The molecule has 0 aliphatic heterocycles. The van der Waals surface area contributed by atoms with Gasteiger partial charge in [-0.3, -0.25) is 4.79 Å². The van der Waals surface area contributed by atoms with Crippen molar-refractivity contribution in [3.05, 3.63) is 70.0 Å². The molecule has 0 radical (unpaired) electrons. The standard InChI is InChI=1S/C22H14ClF3N2O3/c1-10(29)30-21-14(11-2-4-12(5-3-11)22(24,25)26)9-17-18-19(21)27-16-7-6-13(23)8-15(16)20(18)31-28-17/h2-8,14,21H,9H2,1H3. The van der Waals surface area contributed by atoms with Crippen molar-refractivity contribution in [1.82, 2.24) is 10.1 Å². The molecule has 0 fully saturated rings. The molecule has 31 heavy (non-hydrogen) atoms. The van der Waals surface area contributed by atoms with Gasteiger partial charge in [-0.25, -0.2) is 4.98 Å².